The summed E-state index contributed by atoms with van der Waals surface area (Å²) in [6, 6.07) is 12.5. The minimum atomic E-state index is -0.978. The summed E-state index contributed by atoms with van der Waals surface area (Å²) >= 11 is 18.4. The Morgan fingerprint density at radius 2 is 2.03 bits per heavy atom. The molecular weight excluding hydrogens is 453 g/mol. The standard InChI is InChI=1S/C20H15Cl2NO4S2/c21-14-5-4-13(16(22)10-14)11-27-15-3-1-2-12(8-15)9-17-19(26)23(20(28)29-17)7-6-18(24)25/h1-5,8-10H,6-7,11H2,(H,24,25)/b17-9+. The van der Waals surface area contributed by atoms with E-state index in [9.17, 15) is 9.59 Å². The lowest BCUT2D eigenvalue weighted by atomic mass is 10.2. The van der Waals surface area contributed by atoms with Crippen LogP contribution in [0.25, 0.3) is 6.08 Å². The third kappa shape index (κ3) is 5.73. The van der Waals surface area contributed by atoms with Crippen LogP contribution in [0.3, 0.4) is 0 Å². The second-order valence-corrected chi connectivity index (χ2v) is 8.59. The number of aliphatic carboxylic acids is 1. The Labute approximate surface area is 187 Å². The van der Waals surface area contributed by atoms with E-state index in [1.807, 2.05) is 12.1 Å². The van der Waals surface area contributed by atoms with Gasteiger partial charge in [0.2, 0.25) is 0 Å². The van der Waals surface area contributed by atoms with Crippen LogP contribution in [0.1, 0.15) is 17.5 Å². The van der Waals surface area contributed by atoms with Crippen molar-refractivity contribution in [1.29, 1.82) is 0 Å². The molecule has 1 aliphatic heterocycles. The number of rotatable bonds is 7. The molecule has 1 aliphatic rings. The van der Waals surface area contributed by atoms with Crippen molar-refractivity contribution in [2.24, 2.45) is 0 Å². The minimum absolute atomic E-state index is 0.0579. The molecule has 1 heterocycles. The molecule has 2 aromatic carbocycles. The van der Waals surface area contributed by atoms with E-state index in [2.05, 4.69) is 0 Å². The fraction of sp³-hybridized carbons (Fsp3) is 0.150. The smallest absolute Gasteiger partial charge is 0.305 e. The van der Waals surface area contributed by atoms with E-state index in [-0.39, 0.29) is 25.5 Å². The molecule has 150 valence electrons. The highest BCUT2D eigenvalue weighted by molar-refractivity contribution is 8.26. The van der Waals surface area contributed by atoms with Gasteiger partial charge in [0.25, 0.3) is 5.91 Å². The number of benzene rings is 2. The van der Waals surface area contributed by atoms with Crippen molar-refractivity contribution in [3.63, 3.8) is 0 Å². The Morgan fingerprint density at radius 1 is 1.24 bits per heavy atom. The summed E-state index contributed by atoms with van der Waals surface area (Å²) in [4.78, 5) is 25.0. The Bertz CT molecular complexity index is 1010. The number of amides is 1. The highest BCUT2D eigenvalue weighted by atomic mass is 35.5. The number of carbonyl (C=O) groups excluding carboxylic acids is 1. The average Bonchev–Trinajstić information content (AvgIpc) is 2.92. The highest BCUT2D eigenvalue weighted by Gasteiger charge is 2.32. The number of carbonyl (C=O) groups is 2. The van der Waals surface area contributed by atoms with Crippen LogP contribution in [0.2, 0.25) is 10.0 Å². The Kier molecular flexibility index (Phi) is 7.18. The molecule has 29 heavy (non-hydrogen) atoms. The van der Waals surface area contributed by atoms with E-state index in [1.165, 1.54) is 4.90 Å². The zero-order valence-corrected chi connectivity index (χ0v) is 18.1. The summed E-state index contributed by atoms with van der Waals surface area (Å²) in [6.07, 6.45) is 1.55. The van der Waals surface area contributed by atoms with Crippen LogP contribution in [0, 0.1) is 0 Å². The molecule has 9 heteroatoms. The van der Waals surface area contributed by atoms with E-state index in [4.69, 9.17) is 45.3 Å². The molecule has 0 aromatic heterocycles. The van der Waals surface area contributed by atoms with Crippen LogP contribution in [0.5, 0.6) is 5.75 Å². The first-order valence-corrected chi connectivity index (χ1v) is 10.5. The van der Waals surface area contributed by atoms with Crippen molar-refractivity contribution >= 4 is 69.5 Å². The van der Waals surface area contributed by atoms with Gasteiger partial charge in [-0.05, 0) is 35.9 Å². The molecule has 1 fully saturated rings. The number of carboxylic acids is 1. The van der Waals surface area contributed by atoms with Gasteiger partial charge in [-0.25, -0.2) is 0 Å². The molecule has 0 spiro atoms. The first kappa shape index (κ1) is 21.6. The maximum atomic E-state index is 12.5. The van der Waals surface area contributed by atoms with Gasteiger partial charge in [-0.1, -0.05) is 65.4 Å². The molecule has 0 radical (unpaired) electrons. The fourth-order valence-corrected chi connectivity index (χ4v) is 4.32. The zero-order chi connectivity index (χ0) is 21.0. The molecule has 0 bridgehead atoms. The number of hydrogen-bond donors (Lipinski definition) is 1. The van der Waals surface area contributed by atoms with Crippen molar-refractivity contribution in [1.82, 2.24) is 4.90 Å². The van der Waals surface area contributed by atoms with Crippen molar-refractivity contribution in [2.75, 3.05) is 6.54 Å². The monoisotopic (exact) mass is 467 g/mol. The van der Waals surface area contributed by atoms with E-state index in [0.29, 0.717) is 25.0 Å². The number of carboxylic acid groups (broad SMARTS) is 1. The van der Waals surface area contributed by atoms with Crippen LogP contribution in [0.4, 0.5) is 0 Å². The number of ether oxygens (including phenoxy) is 1. The fourth-order valence-electron chi connectivity index (χ4n) is 2.55. The normalized spacial score (nSPS) is 15.2. The molecule has 0 unspecified atom stereocenters. The average molecular weight is 468 g/mol. The summed E-state index contributed by atoms with van der Waals surface area (Å²) in [7, 11) is 0. The van der Waals surface area contributed by atoms with E-state index >= 15 is 0 Å². The van der Waals surface area contributed by atoms with Gasteiger partial charge < -0.3 is 9.84 Å². The molecule has 1 amide bonds. The molecule has 2 aromatic rings. The number of hydrogen-bond acceptors (Lipinski definition) is 5. The Balaban J connectivity index is 1.70. The predicted molar refractivity (Wildman–Crippen MR) is 119 cm³/mol. The van der Waals surface area contributed by atoms with Crippen LogP contribution >= 0.6 is 47.2 Å². The van der Waals surface area contributed by atoms with Gasteiger partial charge >= 0.3 is 5.97 Å². The lowest BCUT2D eigenvalue weighted by Gasteiger charge is -2.12. The Morgan fingerprint density at radius 3 is 2.76 bits per heavy atom. The summed E-state index contributed by atoms with van der Waals surface area (Å²) in [5.41, 5.74) is 1.57. The minimum Gasteiger partial charge on any atom is -0.489 e. The highest BCUT2D eigenvalue weighted by Crippen LogP contribution is 2.33. The lowest BCUT2D eigenvalue weighted by Crippen LogP contribution is -2.30. The first-order valence-electron chi connectivity index (χ1n) is 8.47. The molecule has 0 atom stereocenters. The molecule has 5 nitrogen and oxygen atoms in total. The molecule has 3 rings (SSSR count). The first-order chi connectivity index (χ1) is 13.8. The number of thioether (sulfide) groups is 1. The van der Waals surface area contributed by atoms with Gasteiger partial charge in [-0.3, -0.25) is 14.5 Å². The van der Waals surface area contributed by atoms with E-state index < -0.39 is 5.97 Å². The Hall–Kier alpha value is -2.06. The van der Waals surface area contributed by atoms with Gasteiger partial charge in [-0.2, -0.15) is 0 Å². The number of thiocarbonyl (C=S) groups is 1. The van der Waals surface area contributed by atoms with Gasteiger partial charge in [0.15, 0.2) is 0 Å². The van der Waals surface area contributed by atoms with Crippen molar-refractivity contribution < 1.29 is 19.4 Å². The molecule has 1 saturated heterocycles. The molecule has 1 N–H and O–H groups in total. The second-order valence-electron chi connectivity index (χ2n) is 6.07. The maximum absolute atomic E-state index is 12.5. The largest absolute Gasteiger partial charge is 0.489 e. The summed E-state index contributed by atoms with van der Waals surface area (Å²) in [6.45, 7) is 0.332. The molecule has 0 saturated carbocycles. The summed E-state index contributed by atoms with van der Waals surface area (Å²) in [5, 5.41) is 9.89. The van der Waals surface area contributed by atoms with Crippen LogP contribution in [-0.2, 0) is 16.2 Å². The van der Waals surface area contributed by atoms with Gasteiger partial charge in [0, 0.05) is 22.2 Å². The SMILES string of the molecule is O=C(O)CCN1C(=O)/C(=C\c2cccc(OCc3ccc(Cl)cc3Cl)c2)SC1=S. The quantitative estimate of drug-likeness (QED) is 0.443. The summed E-state index contributed by atoms with van der Waals surface area (Å²) < 4.78 is 6.16. The predicted octanol–water partition coefficient (Wildman–Crippen LogP) is 5.25. The zero-order valence-electron chi connectivity index (χ0n) is 14.9. The van der Waals surface area contributed by atoms with Crippen molar-refractivity contribution in [3.05, 3.63) is 68.5 Å². The second kappa shape index (κ2) is 9.63. The molecular formula is C20H15Cl2NO4S2. The lowest BCUT2D eigenvalue weighted by molar-refractivity contribution is -0.137. The van der Waals surface area contributed by atoms with Crippen LogP contribution in [-0.4, -0.2) is 32.7 Å². The third-order valence-corrected chi connectivity index (χ3v) is 5.95. The van der Waals surface area contributed by atoms with Crippen LogP contribution < -0.4 is 4.74 Å². The molecule has 0 aliphatic carbocycles. The topological polar surface area (TPSA) is 66.8 Å². The van der Waals surface area contributed by atoms with Gasteiger partial charge in [0.05, 0.1) is 11.3 Å². The van der Waals surface area contributed by atoms with E-state index in [0.717, 1.165) is 22.9 Å². The van der Waals surface area contributed by atoms with Crippen molar-refractivity contribution in [3.8, 4) is 5.75 Å². The van der Waals surface area contributed by atoms with Gasteiger partial charge in [-0.15, -0.1) is 0 Å². The number of nitrogens with zero attached hydrogens (tertiary/aromatic N) is 1. The van der Waals surface area contributed by atoms with Gasteiger partial charge in [0.1, 0.15) is 16.7 Å². The van der Waals surface area contributed by atoms with Crippen molar-refractivity contribution in [2.45, 2.75) is 13.0 Å². The van der Waals surface area contributed by atoms with Crippen LogP contribution in [0.15, 0.2) is 47.4 Å². The number of halogens is 2. The van der Waals surface area contributed by atoms with E-state index in [1.54, 1.807) is 36.4 Å². The summed E-state index contributed by atoms with van der Waals surface area (Å²) in [5.74, 6) is -0.652. The maximum Gasteiger partial charge on any atom is 0.305 e. The third-order valence-electron chi connectivity index (χ3n) is 3.99.